The second kappa shape index (κ2) is 9.36. The van der Waals surface area contributed by atoms with Gasteiger partial charge in [-0.1, -0.05) is 6.07 Å². The maximum atomic E-state index is 12.0. The van der Waals surface area contributed by atoms with E-state index in [1.807, 2.05) is 30.5 Å². The van der Waals surface area contributed by atoms with Crippen LogP contribution >= 0.6 is 0 Å². The number of urea groups is 1. The zero-order valence-corrected chi connectivity index (χ0v) is 14.9. The van der Waals surface area contributed by atoms with E-state index in [2.05, 4.69) is 15.6 Å². The number of anilines is 1. The molecule has 0 aliphatic heterocycles. The van der Waals surface area contributed by atoms with E-state index in [4.69, 9.17) is 15.6 Å². The number of aromatic nitrogens is 1. The van der Waals surface area contributed by atoms with E-state index in [0.717, 1.165) is 35.7 Å². The Morgan fingerprint density at radius 2 is 1.93 bits per heavy atom. The SMILES string of the molecule is NCC1CCC(NC(=O)Nc2ccc3cnccc3c2)C1.O=C(O)C(F)(F)F. The predicted molar refractivity (Wildman–Crippen MR) is 97.8 cm³/mol. The van der Waals surface area contributed by atoms with Crippen molar-refractivity contribution in [3.8, 4) is 0 Å². The van der Waals surface area contributed by atoms with Gasteiger partial charge in [-0.3, -0.25) is 4.98 Å². The third-order valence-corrected chi connectivity index (χ3v) is 4.35. The van der Waals surface area contributed by atoms with Crippen molar-refractivity contribution in [2.75, 3.05) is 11.9 Å². The molecule has 1 saturated carbocycles. The first-order valence-electron chi connectivity index (χ1n) is 8.60. The maximum Gasteiger partial charge on any atom is 0.490 e. The number of hydrogen-bond acceptors (Lipinski definition) is 4. The monoisotopic (exact) mass is 398 g/mol. The molecule has 1 aliphatic rings. The van der Waals surface area contributed by atoms with E-state index in [0.29, 0.717) is 12.5 Å². The molecule has 1 aromatic carbocycles. The molecule has 3 rings (SSSR count). The number of nitrogens with zero attached hydrogens (tertiary/aromatic N) is 1. The van der Waals surface area contributed by atoms with E-state index < -0.39 is 12.1 Å². The number of fused-ring (bicyclic) bond motifs is 1. The molecule has 0 radical (unpaired) electrons. The minimum Gasteiger partial charge on any atom is -0.475 e. The number of amides is 2. The van der Waals surface area contributed by atoms with Crippen molar-refractivity contribution < 1.29 is 27.9 Å². The lowest BCUT2D eigenvalue weighted by Crippen LogP contribution is -2.36. The zero-order valence-electron chi connectivity index (χ0n) is 14.9. The number of rotatable bonds is 3. The number of nitrogens with two attached hydrogens (primary N) is 1. The van der Waals surface area contributed by atoms with Crippen molar-refractivity contribution in [1.82, 2.24) is 10.3 Å². The number of carboxylic acids is 1. The van der Waals surface area contributed by atoms with Gasteiger partial charge in [0.1, 0.15) is 0 Å². The summed E-state index contributed by atoms with van der Waals surface area (Å²) >= 11 is 0. The van der Waals surface area contributed by atoms with Gasteiger partial charge in [0.15, 0.2) is 0 Å². The first-order valence-corrected chi connectivity index (χ1v) is 8.60. The number of alkyl halides is 3. The van der Waals surface area contributed by atoms with Crippen molar-refractivity contribution in [3.05, 3.63) is 36.7 Å². The molecule has 2 atom stereocenters. The highest BCUT2D eigenvalue weighted by Crippen LogP contribution is 2.24. The van der Waals surface area contributed by atoms with Gasteiger partial charge in [0, 0.05) is 29.5 Å². The fourth-order valence-electron chi connectivity index (χ4n) is 2.93. The molecule has 0 saturated heterocycles. The molecule has 2 amide bonds. The molecular weight excluding hydrogens is 377 g/mol. The van der Waals surface area contributed by atoms with Gasteiger partial charge in [0.05, 0.1) is 0 Å². The number of benzene rings is 1. The van der Waals surface area contributed by atoms with Gasteiger partial charge in [0.2, 0.25) is 0 Å². The van der Waals surface area contributed by atoms with Crippen LogP contribution in [0.2, 0.25) is 0 Å². The fraction of sp³-hybridized carbons (Fsp3) is 0.389. The summed E-state index contributed by atoms with van der Waals surface area (Å²) in [6.07, 6.45) is 1.57. The lowest BCUT2D eigenvalue weighted by molar-refractivity contribution is -0.192. The quantitative estimate of drug-likeness (QED) is 0.634. The molecule has 1 aliphatic carbocycles. The molecule has 7 nitrogen and oxygen atoms in total. The van der Waals surface area contributed by atoms with Crippen LogP contribution in [0.4, 0.5) is 23.7 Å². The molecule has 2 aromatic rings. The number of nitrogens with one attached hydrogen (secondary N) is 2. The lowest BCUT2D eigenvalue weighted by Gasteiger charge is -2.14. The first-order chi connectivity index (χ1) is 13.2. The van der Waals surface area contributed by atoms with E-state index in [1.165, 1.54) is 0 Å². The summed E-state index contributed by atoms with van der Waals surface area (Å²) in [5, 5.41) is 15.2. The number of carbonyl (C=O) groups is 2. The van der Waals surface area contributed by atoms with Crippen LogP contribution in [0, 0.1) is 5.92 Å². The number of pyridine rings is 1. The number of aliphatic carboxylic acids is 1. The Morgan fingerprint density at radius 3 is 2.54 bits per heavy atom. The number of carboxylic acid groups (broad SMARTS) is 1. The number of carbonyl (C=O) groups excluding carboxylic acids is 1. The molecule has 5 N–H and O–H groups in total. The van der Waals surface area contributed by atoms with E-state index >= 15 is 0 Å². The Morgan fingerprint density at radius 1 is 1.21 bits per heavy atom. The molecule has 1 heterocycles. The van der Waals surface area contributed by atoms with Gasteiger partial charge in [0.25, 0.3) is 0 Å². The summed E-state index contributed by atoms with van der Waals surface area (Å²) in [4.78, 5) is 25.0. The van der Waals surface area contributed by atoms with Crippen LogP contribution in [0.15, 0.2) is 36.7 Å². The second-order valence-corrected chi connectivity index (χ2v) is 6.45. The van der Waals surface area contributed by atoms with Gasteiger partial charge < -0.3 is 21.5 Å². The van der Waals surface area contributed by atoms with Gasteiger partial charge in [-0.25, -0.2) is 9.59 Å². The van der Waals surface area contributed by atoms with Crippen molar-refractivity contribution in [2.45, 2.75) is 31.5 Å². The normalized spacial score (nSPS) is 18.9. The predicted octanol–water partition coefficient (Wildman–Crippen LogP) is 3.12. The van der Waals surface area contributed by atoms with Crippen molar-refractivity contribution in [3.63, 3.8) is 0 Å². The van der Waals surface area contributed by atoms with Crippen molar-refractivity contribution >= 4 is 28.5 Å². The minimum atomic E-state index is -5.08. The lowest BCUT2D eigenvalue weighted by atomic mass is 10.1. The molecule has 152 valence electrons. The maximum absolute atomic E-state index is 12.0. The summed E-state index contributed by atoms with van der Waals surface area (Å²) < 4.78 is 31.7. The number of halogens is 3. The fourth-order valence-corrected chi connectivity index (χ4v) is 2.93. The van der Waals surface area contributed by atoms with Crippen LogP contribution < -0.4 is 16.4 Å². The molecule has 28 heavy (non-hydrogen) atoms. The smallest absolute Gasteiger partial charge is 0.475 e. The third-order valence-electron chi connectivity index (χ3n) is 4.35. The summed E-state index contributed by atoms with van der Waals surface area (Å²) in [5.41, 5.74) is 6.46. The van der Waals surface area contributed by atoms with Crippen LogP contribution in [0.3, 0.4) is 0 Å². The van der Waals surface area contributed by atoms with Gasteiger partial charge in [-0.15, -0.1) is 0 Å². The molecule has 1 aromatic heterocycles. The van der Waals surface area contributed by atoms with Gasteiger partial charge in [-0.2, -0.15) is 13.2 Å². The van der Waals surface area contributed by atoms with Crippen LogP contribution in [0.1, 0.15) is 19.3 Å². The Hall–Kier alpha value is -2.88. The highest BCUT2D eigenvalue weighted by Gasteiger charge is 2.38. The first kappa shape index (κ1) is 21.4. The van der Waals surface area contributed by atoms with Crippen molar-refractivity contribution in [2.24, 2.45) is 11.7 Å². The van der Waals surface area contributed by atoms with E-state index in [-0.39, 0.29) is 12.1 Å². The summed E-state index contributed by atoms with van der Waals surface area (Å²) in [6.45, 7) is 0.707. The molecule has 0 bridgehead atoms. The zero-order chi connectivity index (χ0) is 20.7. The van der Waals surface area contributed by atoms with Crippen LogP contribution in [0.5, 0.6) is 0 Å². The molecular formula is C18H21F3N4O3. The largest absolute Gasteiger partial charge is 0.490 e. The second-order valence-electron chi connectivity index (χ2n) is 6.45. The molecule has 0 spiro atoms. The molecule has 2 unspecified atom stereocenters. The van der Waals surface area contributed by atoms with Crippen LogP contribution in [-0.2, 0) is 4.79 Å². The highest BCUT2D eigenvalue weighted by atomic mass is 19.4. The minimum absolute atomic E-state index is 0.147. The Kier molecular flexibility index (Phi) is 7.16. The standard InChI is InChI=1S/C16H20N4O.C2HF3O2/c17-9-11-1-3-14(7-11)19-16(21)20-15-4-2-13-10-18-6-5-12(13)8-15;3-2(4,5)1(6)7/h2,4-6,8,10-11,14H,1,3,7,9,17H2,(H2,19,20,21);(H,6,7). The summed E-state index contributed by atoms with van der Waals surface area (Å²) in [5.74, 6) is -2.21. The van der Waals surface area contributed by atoms with Crippen LogP contribution in [-0.4, -0.2) is 40.9 Å². The average molecular weight is 398 g/mol. The summed E-state index contributed by atoms with van der Waals surface area (Å²) in [6, 6.07) is 7.82. The van der Waals surface area contributed by atoms with Crippen LogP contribution in [0.25, 0.3) is 10.8 Å². The topological polar surface area (TPSA) is 117 Å². The van der Waals surface area contributed by atoms with Gasteiger partial charge in [-0.05, 0) is 55.3 Å². The van der Waals surface area contributed by atoms with Crippen molar-refractivity contribution in [1.29, 1.82) is 0 Å². The molecule has 1 fully saturated rings. The Labute approximate surface area is 159 Å². The highest BCUT2D eigenvalue weighted by molar-refractivity contribution is 5.93. The van der Waals surface area contributed by atoms with E-state index in [9.17, 15) is 18.0 Å². The number of hydrogen-bond donors (Lipinski definition) is 4. The Bertz CT molecular complexity index is 829. The average Bonchev–Trinajstić information content (AvgIpc) is 3.08. The molecule has 10 heteroatoms. The third kappa shape index (κ3) is 6.38. The summed E-state index contributed by atoms with van der Waals surface area (Å²) in [7, 11) is 0. The van der Waals surface area contributed by atoms with E-state index in [1.54, 1.807) is 6.20 Å². The van der Waals surface area contributed by atoms with Gasteiger partial charge >= 0.3 is 18.2 Å². The Balaban J connectivity index is 0.000000345.